The molecule has 0 N–H and O–H groups in total. The largest absolute Gasteiger partial charge is 0.364 e. The van der Waals surface area contributed by atoms with Gasteiger partial charge in [-0.25, -0.2) is 0 Å². The Morgan fingerprint density at radius 3 is 1.94 bits per heavy atom. The monoisotopic (exact) mass is 634 g/mol. The molecule has 5 aromatic rings. The van der Waals surface area contributed by atoms with Gasteiger partial charge in [-0.15, -0.1) is 0 Å². The minimum atomic E-state index is 0.495. The van der Waals surface area contributed by atoms with E-state index in [2.05, 4.69) is 124 Å². The molecule has 4 nitrogen and oxygen atoms in total. The van der Waals surface area contributed by atoms with E-state index in [0.29, 0.717) is 6.04 Å². The molecule has 2 aromatic heterocycles. The minimum Gasteiger partial charge on any atom is -0.364 e. The van der Waals surface area contributed by atoms with Crippen LogP contribution in [-0.2, 0) is 25.9 Å². The average Bonchev–Trinajstić information content (AvgIpc) is 3.57. The second kappa shape index (κ2) is 13.7. The number of likely N-dealkylation sites (tertiary alicyclic amines) is 1. The SMILES string of the molecule is Cc1cc(-c2ccc(CN(c3ccc4c(c3)CCC4)C3CCN(Cc4ccnc(-c5cc(C)c(C)c(C)c5)c4)CC3)cn2)cc(C)c1C. The molecule has 3 heterocycles. The summed E-state index contributed by atoms with van der Waals surface area (Å²) in [7, 11) is 0. The molecule has 4 heteroatoms. The molecule has 3 aromatic carbocycles. The van der Waals surface area contributed by atoms with Gasteiger partial charge in [0.1, 0.15) is 0 Å². The molecule has 0 amide bonds. The van der Waals surface area contributed by atoms with Gasteiger partial charge in [-0.1, -0.05) is 12.1 Å². The summed E-state index contributed by atoms with van der Waals surface area (Å²) in [6, 6.07) is 25.8. The highest BCUT2D eigenvalue weighted by Crippen LogP contribution is 2.32. The Kier molecular flexibility index (Phi) is 9.20. The van der Waals surface area contributed by atoms with Crippen LogP contribution >= 0.6 is 0 Å². The lowest BCUT2D eigenvalue weighted by Gasteiger charge is -2.40. The summed E-state index contributed by atoms with van der Waals surface area (Å²) in [5, 5.41) is 0. The number of fused-ring (bicyclic) bond motifs is 1. The van der Waals surface area contributed by atoms with Gasteiger partial charge >= 0.3 is 0 Å². The Morgan fingerprint density at radius 2 is 1.29 bits per heavy atom. The van der Waals surface area contributed by atoms with Crippen molar-refractivity contribution in [2.24, 2.45) is 0 Å². The molecule has 48 heavy (non-hydrogen) atoms. The van der Waals surface area contributed by atoms with Crippen LogP contribution in [0.3, 0.4) is 0 Å². The summed E-state index contributed by atoms with van der Waals surface area (Å²) >= 11 is 0. The van der Waals surface area contributed by atoms with Crippen LogP contribution in [0.15, 0.2) is 79.1 Å². The van der Waals surface area contributed by atoms with Gasteiger partial charge < -0.3 is 4.90 Å². The van der Waals surface area contributed by atoms with Gasteiger partial charge in [0.15, 0.2) is 0 Å². The van der Waals surface area contributed by atoms with E-state index in [4.69, 9.17) is 9.97 Å². The van der Waals surface area contributed by atoms with E-state index in [1.807, 2.05) is 6.20 Å². The Bertz CT molecular complexity index is 1880. The maximum absolute atomic E-state index is 4.97. The number of aryl methyl sites for hydroxylation is 6. The summed E-state index contributed by atoms with van der Waals surface area (Å²) in [5.74, 6) is 0. The van der Waals surface area contributed by atoms with Gasteiger partial charge in [-0.3, -0.25) is 14.9 Å². The third-order valence-electron chi connectivity index (χ3n) is 11.3. The van der Waals surface area contributed by atoms with Crippen molar-refractivity contribution in [1.82, 2.24) is 14.9 Å². The molecule has 1 aliphatic carbocycles. The van der Waals surface area contributed by atoms with Crippen molar-refractivity contribution in [2.45, 2.75) is 92.8 Å². The minimum absolute atomic E-state index is 0.495. The predicted molar refractivity (Wildman–Crippen MR) is 201 cm³/mol. The van der Waals surface area contributed by atoms with Crippen molar-refractivity contribution in [3.8, 4) is 22.5 Å². The van der Waals surface area contributed by atoms with Gasteiger partial charge in [-0.2, -0.15) is 0 Å². The third kappa shape index (κ3) is 6.82. The van der Waals surface area contributed by atoms with Gasteiger partial charge in [0.05, 0.1) is 11.4 Å². The Morgan fingerprint density at radius 1 is 0.646 bits per heavy atom. The quantitative estimate of drug-likeness (QED) is 0.170. The third-order valence-corrected chi connectivity index (χ3v) is 11.3. The van der Waals surface area contributed by atoms with E-state index < -0.39 is 0 Å². The highest BCUT2D eigenvalue weighted by atomic mass is 15.2. The van der Waals surface area contributed by atoms with Gasteiger partial charge in [0.2, 0.25) is 0 Å². The Hall–Kier alpha value is -4.28. The van der Waals surface area contributed by atoms with Crippen LogP contribution < -0.4 is 4.90 Å². The fraction of sp³-hybridized carbons (Fsp3) is 0.364. The topological polar surface area (TPSA) is 32.3 Å². The molecule has 1 fully saturated rings. The maximum atomic E-state index is 4.97. The number of benzene rings is 3. The average molecular weight is 635 g/mol. The zero-order valence-electron chi connectivity index (χ0n) is 29.7. The van der Waals surface area contributed by atoms with Crippen molar-refractivity contribution in [3.05, 3.63) is 135 Å². The van der Waals surface area contributed by atoms with Crippen molar-refractivity contribution >= 4 is 5.69 Å². The van der Waals surface area contributed by atoms with Crippen LogP contribution in [-0.4, -0.2) is 34.0 Å². The molecule has 0 radical (unpaired) electrons. The number of aromatic nitrogens is 2. The summed E-state index contributed by atoms with van der Waals surface area (Å²) < 4.78 is 0. The van der Waals surface area contributed by atoms with Crippen molar-refractivity contribution in [1.29, 1.82) is 0 Å². The first kappa shape index (κ1) is 32.3. The van der Waals surface area contributed by atoms with Crippen LogP contribution in [0.2, 0.25) is 0 Å². The van der Waals surface area contributed by atoms with Crippen LogP contribution in [0.25, 0.3) is 22.5 Å². The van der Waals surface area contributed by atoms with Crippen molar-refractivity contribution < 1.29 is 0 Å². The molecular weight excluding hydrogens is 585 g/mol. The standard InChI is InChI=1S/C44H50N4/c1-29-20-39(21-30(2)33(29)5)43-13-10-36(26-46-43)28-48(42-12-11-37-8-7-9-38(37)25-42)41-15-18-47(19-16-41)27-35-14-17-45-44(24-35)40-22-31(3)34(6)32(4)23-40/h10-14,17,20-26,41H,7-9,15-16,18-19,27-28H2,1-6H3. The summed E-state index contributed by atoms with van der Waals surface area (Å²) in [4.78, 5) is 15.0. The van der Waals surface area contributed by atoms with E-state index in [1.165, 1.54) is 86.1 Å². The molecule has 0 spiro atoms. The normalized spacial score (nSPS) is 15.1. The second-order valence-corrected chi connectivity index (χ2v) is 14.5. The summed E-state index contributed by atoms with van der Waals surface area (Å²) in [6.45, 7) is 17.2. The van der Waals surface area contributed by atoms with Crippen LogP contribution in [0.1, 0.15) is 74.9 Å². The van der Waals surface area contributed by atoms with Gasteiger partial charge in [-0.05, 0) is 184 Å². The van der Waals surface area contributed by atoms with Crippen LogP contribution in [0.5, 0.6) is 0 Å². The van der Waals surface area contributed by atoms with E-state index >= 15 is 0 Å². The van der Waals surface area contributed by atoms with Gasteiger partial charge in [0.25, 0.3) is 0 Å². The highest BCUT2D eigenvalue weighted by molar-refractivity contribution is 5.64. The van der Waals surface area contributed by atoms with E-state index in [1.54, 1.807) is 5.56 Å². The lowest BCUT2D eigenvalue weighted by Crippen LogP contribution is -2.44. The maximum Gasteiger partial charge on any atom is 0.0705 e. The zero-order valence-corrected chi connectivity index (χ0v) is 29.7. The lowest BCUT2D eigenvalue weighted by atomic mass is 9.97. The van der Waals surface area contributed by atoms with Crippen LogP contribution in [0, 0.1) is 41.5 Å². The fourth-order valence-electron chi connectivity index (χ4n) is 7.80. The fourth-order valence-corrected chi connectivity index (χ4v) is 7.80. The molecule has 2 aliphatic rings. The Labute approximate surface area is 287 Å². The Balaban J connectivity index is 1.07. The molecule has 246 valence electrons. The number of piperidine rings is 1. The lowest BCUT2D eigenvalue weighted by molar-refractivity contribution is 0.201. The molecule has 0 saturated carbocycles. The number of hydrogen-bond donors (Lipinski definition) is 0. The van der Waals surface area contributed by atoms with Gasteiger partial charge in [0, 0.05) is 61.4 Å². The molecule has 7 rings (SSSR count). The molecule has 0 atom stereocenters. The molecule has 1 aliphatic heterocycles. The number of nitrogens with zero attached hydrogens (tertiary/aromatic N) is 4. The smallest absolute Gasteiger partial charge is 0.0705 e. The number of hydrogen-bond acceptors (Lipinski definition) is 4. The molecule has 1 saturated heterocycles. The van der Waals surface area contributed by atoms with E-state index in [9.17, 15) is 0 Å². The van der Waals surface area contributed by atoms with Crippen molar-refractivity contribution in [3.63, 3.8) is 0 Å². The summed E-state index contributed by atoms with van der Waals surface area (Å²) in [6.07, 6.45) is 10.1. The summed E-state index contributed by atoms with van der Waals surface area (Å²) in [5.41, 5.74) is 19.6. The molecular formula is C44H50N4. The van der Waals surface area contributed by atoms with E-state index in [0.717, 1.165) is 50.4 Å². The molecule has 0 bridgehead atoms. The number of anilines is 1. The predicted octanol–water partition coefficient (Wildman–Crippen LogP) is 9.82. The number of pyridine rings is 2. The van der Waals surface area contributed by atoms with Crippen LogP contribution in [0.4, 0.5) is 5.69 Å². The zero-order chi connectivity index (χ0) is 33.4. The first-order valence-corrected chi connectivity index (χ1v) is 17.9. The van der Waals surface area contributed by atoms with Crippen molar-refractivity contribution in [2.75, 3.05) is 18.0 Å². The van der Waals surface area contributed by atoms with E-state index in [-0.39, 0.29) is 0 Å². The number of rotatable bonds is 8. The first-order valence-electron chi connectivity index (χ1n) is 17.9. The first-order chi connectivity index (χ1) is 23.2. The molecule has 0 unspecified atom stereocenters. The highest BCUT2D eigenvalue weighted by Gasteiger charge is 2.26. The second-order valence-electron chi connectivity index (χ2n) is 14.5.